The molecule has 3 N–H and O–H groups in total. The highest BCUT2D eigenvalue weighted by molar-refractivity contribution is 8.00. The Hall–Kier alpha value is -0.720. The van der Waals surface area contributed by atoms with Crippen molar-refractivity contribution in [2.45, 2.75) is 25.1 Å². The number of rotatable bonds is 2. The number of aromatic nitrogens is 2. The van der Waals surface area contributed by atoms with Gasteiger partial charge in [-0.2, -0.15) is 16.7 Å². The topological polar surface area (TPSA) is 67.1 Å². The Balaban J connectivity index is 2.31. The van der Waals surface area contributed by atoms with Gasteiger partial charge in [0, 0.05) is 23.6 Å². The third-order valence-corrected chi connectivity index (χ3v) is 4.62. The molecule has 0 saturated carbocycles. The van der Waals surface area contributed by atoms with Crippen LogP contribution in [0.4, 0.5) is 11.8 Å². The third-order valence-electron chi connectivity index (χ3n) is 3.01. The number of hydrogen-bond donors (Lipinski definition) is 2. The van der Waals surface area contributed by atoms with Gasteiger partial charge in [-0.3, -0.25) is 5.43 Å². The van der Waals surface area contributed by atoms with Crippen LogP contribution >= 0.6 is 23.4 Å². The second-order valence-corrected chi connectivity index (χ2v) is 5.91. The molecule has 1 fully saturated rings. The van der Waals surface area contributed by atoms with Gasteiger partial charge < -0.3 is 4.90 Å². The zero-order valence-corrected chi connectivity index (χ0v) is 11.4. The molecule has 94 valence electrons. The van der Waals surface area contributed by atoms with Crippen LogP contribution < -0.4 is 16.2 Å². The summed E-state index contributed by atoms with van der Waals surface area (Å²) in [5.74, 6) is 7.55. The van der Waals surface area contributed by atoms with Crippen LogP contribution in [0.25, 0.3) is 0 Å². The van der Waals surface area contributed by atoms with Crippen molar-refractivity contribution in [1.82, 2.24) is 9.97 Å². The number of nitrogens with one attached hydrogen (secondary N) is 1. The van der Waals surface area contributed by atoms with Gasteiger partial charge in [0.15, 0.2) is 5.82 Å². The normalized spacial score (nSPS) is 24.8. The van der Waals surface area contributed by atoms with E-state index in [0.29, 0.717) is 22.3 Å². The van der Waals surface area contributed by atoms with Crippen LogP contribution in [0.1, 0.15) is 13.8 Å². The average Bonchev–Trinajstić information content (AvgIpc) is 2.34. The van der Waals surface area contributed by atoms with E-state index in [1.807, 2.05) is 11.8 Å². The van der Waals surface area contributed by atoms with Gasteiger partial charge in [0.1, 0.15) is 5.02 Å². The predicted molar refractivity (Wildman–Crippen MR) is 73.6 cm³/mol. The Kier molecular flexibility index (Phi) is 3.96. The third kappa shape index (κ3) is 2.59. The molecule has 0 radical (unpaired) electrons. The molecule has 0 spiro atoms. The molecule has 1 aliphatic rings. The van der Waals surface area contributed by atoms with E-state index in [9.17, 15) is 0 Å². The number of anilines is 2. The van der Waals surface area contributed by atoms with Gasteiger partial charge in [-0.05, 0) is 6.92 Å². The van der Waals surface area contributed by atoms with Crippen LogP contribution in [0.3, 0.4) is 0 Å². The zero-order valence-electron chi connectivity index (χ0n) is 9.85. The summed E-state index contributed by atoms with van der Waals surface area (Å²) in [4.78, 5) is 10.5. The van der Waals surface area contributed by atoms with Gasteiger partial charge in [-0.25, -0.2) is 10.8 Å². The van der Waals surface area contributed by atoms with Crippen molar-refractivity contribution < 1.29 is 0 Å². The monoisotopic (exact) mass is 273 g/mol. The fraction of sp³-hybridized carbons (Fsp3) is 0.600. The number of halogens is 1. The summed E-state index contributed by atoms with van der Waals surface area (Å²) < 4.78 is 0. The van der Waals surface area contributed by atoms with Crippen molar-refractivity contribution in [2.75, 3.05) is 22.6 Å². The Morgan fingerprint density at radius 2 is 2.35 bits per heavy atom. The Labute approximate surface area is 110 Å². The Morgan fingerprint density at radius 3 is 3.06 bits per heavy atom. The molecule has 1 saturated heterocycles. The molecule has 0 aliphatic carbocycles. The minimum Gasteiger partial charge on any atom is -0.351 e. The minimum atomic E-state index is 0.391. The number of thioether (sulfide) groups is 1. The first-order valence-electron chi connectivity index (χ1n) is 5.51. The van der Waals surface area contributed by atoms with Gasteiger partial charge in [0.25, 0.3) is 0 Å². The number of hydrazine groups is 1. The van der Waals surface area contributed by atoms with Gasteiger partial charge in [0.05, 0.1) is 6.20 Å². The Bertz CT molecular complexity index is 402. The maximum absolute atomic E-state index is 6.16. The van der Waals surface area contributed by atoms with Crippen molar-refractivity contribution in [3.8, 4) is 0 Å². The molecule has 2 atom stereocenters. The number of hydrogen-bond acceptors (Lipinski definition) is 6. The lowest BCUT2D eigenvalue weighted by Gasteiger charge is -2.38. The highest BCUT2D eigenvalue weighted by Gasteiger charge is 2.27. The van der Waals surface area contributed by atoms with Crippen molar-refractivity contribution in [2.24, 2.45) is 5.84 Å². The molecule has 0 aromatic carbocycles. The van der Waals surface area contributed by atoms with Crippen LogP contribution in [-0.4, -0.2) is 33.6 Å². The lowest BCUT2D eigenvalue weighted by Crippen LogP contribution is -2.45. The van der Waals surface area contributed by atoms with Crippen LogP contribution in [0.15, 0.2) is 6.20 Å². The fourth-order valence-corrected chi connectivity index (χ4v) is 3.16. The standard InChI is InChI=1S/C10H16ClN5S/c1-6-7(2)17-4-3-16(6)9-8(11)5-13-10(14-9)15-12/h5-7H,3-4,12H2,1-2H3,(H,13,14,15). The lowest BCUT2D eigenvalue weighted by molar-refractivity contribution is 0.620. The van der Waals surface area contributed by atoms with Gasteiger partial charge >= 0.3 is 0 Å². The van der Waals surface area contributed by atoms with E-state index in [0.717, 1.165) is 18.1 Å². The molecule has 2 heterocycles. The van der Waals surface area contributed by atoms with E-state index in [1.165, 1.54) is 0 Å². The zero-order chi connectivity index (χ0) is 12.4. The molecule has 1 aromatic heterocycles. The number of nitrogens with two attached hydrogens (primary N) is 1. The maximum Gasteiger partial charge on any atom is 0.239 e. The highest BCUT2D eigenvalue weighted by atomic mass is 35.5. The molecule has 1 aliphatic heterocycles. The van der Waals surface area contributed by atoms with Gasteiger partial charge in [-0.15, -0.1) is 0 Å². The molecule has 0 bridgehead atoms. The van der Waals surface area contributed by atoms with E-state index < -0.39 is 0 Å². The molecular weight excluding hydrogens is 258 g/mol. The largest absolute Gasteiger partial charge is 0.351 e. The van der Waals surface area contributed by atoms with Crippen molar-refractivity contribution >= 4 is 35.1 Å². The average molecular weight is 274 g/mol. The van der Waals surface area contributed by atoms with Crippen molar-refractivity contribution in [3.63, 3.8) is 0 Å². The fourth-order valence-electron chi connectivity index (χ4n) is 1.86. The smallest absolute Gasteiger partial charge is 0.239 e. The molecule has 5 nitrogen and oxygen atoms in total. The summed E-state index contributed by atoms with van der Waals surface area (Å²) in [5.41, 5.74) is 2.45. The molecule has 1 aromatic rings. The Morgan fingerprint density at radius 1 is 1.59 bits per heavy atom. The van der Waals surface area contributed by atoms with Crippen LogP contribution in [-0.2, 0) is 0 Å². The predicted octanol–water partition coefficient (Wildman–Crippen LogP) is 1.75. The van der Waals surface area contributed by atoms with E-state index in [1.54, 1.807) is 6.20 Å². The van der Waals surface area contributed by atoms with E-state index in [-0.39, 0.29) is 0 Å². The van der Waals surface area contributed by atoms with Crippen molar-refractivity contribution in [3.05, 3.63) is 11.2 Å². The molecule has 7 heteroatoms. The summed E-state index contributed by atoms with van der Waals surface area (Å²) in [5, 5.41) is 1.12. The first-order chi connectivity index (χ1) is 8.13. The highest BCUT2D eigenvalue weighted by Crippen LogP contribution is 2.32. The summed E-state index contributed by atoms with van der Waals surface area (Å²) in [6, 6.07) is 0.395. The second-order valence-electron chi connectivity index (χ2n) is 4.02. The first-order valence-corrected chi connectivity index (χ1v) is 6.93. The molecule has 0 amide bonds. The molecular formula is C10H16ClN5S. The molecule has 17 heavy (non-hydrogen) atoms. The van der Waals surface area contributed by atoms with Crippen LogP contribution in [0.5, 0.6) is 0 Å². The van der Waals surface area contributed by atoms with Crippen LogP contribution in [0.2, 0.25) is 5.02 Å². The minimum absolute atomic E-state index is 0.391. The summed E-state index contributed by atoms with van der Waals surface area (Å²) in [6.07, 6.45) is 1.58. The lowest BCUT2D eigenvalue weighted by atomic mass is 10.2. The number of nitrogen functional groups attached to an aromatic ring is 1. The van der Waals surface area contributed by atoms with Crippen LogP contribution in [0, 0.1) is 0 Å². The van der Waals surface area contributed by atoms with E-state index in [2.05, 4.69) is 34.1 Å². The summed E-state index contributed by atoms with van der Waals surface area (Å²) in [6.45, 7) is 5.35. The maximum atomic E-state index is 6.16. The van der Waals surface area contributed by atoms with Crippen molar-refractivity contribution in [1.29, 1.82) is 0 Å². The molecule has 2 rings (SSSR count). The molecule has 2 unspecified atom stereocenters. The first kappa shape index (κ1) is 12.7. The van der Waals surface area contributed by atoms with E-state index in [4.69, 9.17) is 17.4 Å². The SMILES string of the molecule is CC1SCCN(c2nc(NN)ncc2Cl)C1C. The summed E-state index contributed by atoms with van der Waals surface area (Å²) >= 11 is 8.13. The second kappa shape index (κ2) is 5.29. The van der Waals surface area contributed by atoms with E-state index >= 15 is 0 Å². The summed E-state index contributed by atoms with van der Waals surface area (Å²) in [7, 11) is 0. The van der Waals surface area contributed by atoms with Gasteiger partial charge in [-0.1, -0.05) is 18.5 Å². The quantitative estimate of drug-likeness (QED) is 0.632. The van der Waals surface area contributed by atoms with Gasteiger partial charge in [0.2, 0.25) is 5.95 Å². The number of nitrogens with zero attached hydrogens (tertiary/aromatic N) is 3.